The number of ether oxygens (including phenoxy) is 3. The molecular weight excluding hydrogens is 903 g/mol. The first-order valence-electron chi connectivity index (χ1n) is 23.6. The molecule has 10 rings (SSSR count). The van der Waals surface area contributed by atoms with Gasteiger partial charge in [0.1, 0.15) is 42.8 Å². The van der Waals surface area contributed by atoms with E-state index in [1.807, 2.05) is 115 Å². The lowest BCUT2D eigenvalue weighted by Crippen LogP contribution is -2.08. The molecule has 13 heteroatoms. The normalized spacial score (nSPS) is 12.2. The van der Waals surface area contributed by atoms with Crippen molar-refractivity contribution >= 4 is 28.6 Å². The van der Waals surface area contributed by atoms with Gasteiger partial charge in [0.15, 0.2) is 5.69 Å². The number of benzene rings is 8. The number of rotatable bonds is 14. The van der Waals surface area contributed by atoms with Gasteiger partial charge in [-0.1, -0.05) is 152 Å². The van der Waals surface area contributed by atoms with E-state index in [2.05, 4.69) is 68.0 Å². The highest BCUT2D eigenvalue weighted by atomic mass is 16.6. The van der Waals surface area contributed by atoms with Crippen LogP contribution in [0, 0.1) is 17.0 Å². The molecule has 0 unspecified atom stereocenters. The first kappa shape index (κ1) is 46.5. The number of azo groups is 2. The molecule has 1 heterocycles. The summed E-state index contributed by atoms with van der Waals surface area (Å²) < 4.78 is 20.6. The lowest BCUT2D eigenvalue weighted by Gasteiger charge is -2.22. The number of phenols is 1. The topological polar surface area (TPSA) is 169 Å². The minimum Gasteiger partial charge on any atom is -0.507 e. The van der Waals surface area contributed by atoms with Gasteiger partial charge in [0.25, 0.3) is 5.69 Å². The molecule has 0 atom stereocenters. The van der Waals surface area contributed by atoms with Crippen LogP contribution in [0.1, 0.15) is 66.9 Å². The largest absolute Gasteiger partial charge is 0.507 e. The molecule has 0 saturated carbocycles. The second kappa shape index (κ2) is 21.6. The molecule has 9 aromatic rings. The van der Waals surface area contributed by atoms with Gasteiger partial charge in [-0.05, 0) is 75.2 Å². The molecule has 0 spiro atoms. The molecule has 0 aliphatic heterocycles. The average molecular weight is 952 g/mol. The van der Waals surface area contributed by atoms with Crippen molar-refractivity contribution in [1.82, 2.24) is 10.2 Å². The Hall–Kier alpha value is -9.23. The highest BCUT2D eigenvalue weighted by Crippen LogP contribution is 2.41. The molecule has 0 fully saturated rings. The van der Waals surface area contributed by atoms with Gasteiger partial charge in [0.2, 0.25) is 5.82 Å². The fourth-order valence-electron chi connectivity index (χ4n) is 8.87. The van der Waals surface area contributed by atoms with Gasteiger partial charge in [-0.3, -0.25) is 15.2 Å². The number of H-pyrrole nitrogens is 1. The average Bonchev–Trinajstić information content (AvgIpc) is 3.76. The van der Waals surface area contributed by atoms with Gasteiger partial charge >= 0.3 is 0 Å². The van der Waals surface area contributed by atoms with Gasteiger partial charge < -0.3 is 19.3 Å². The van der Waals surface area contributed by atoms with E-state index in [4.69, 9.17) is 19.3 Å². The first-order valence-corrected chi connectivity index (χ1v) is 23.6. The number of nitro benzene ring substituents is 1. The van der Waals surface area contributed by atoms with Crippen LogP contribution in [-0.2, 0) is 45.5 Å². The van der Waals surface area contributed by atoms with Crippen LogP contribution in [0.25, 0.3) is 0 Å². The number of aryl methyl sites for hydroxylation is 1. The number of aromatic amines is 1. The number of hydrogen-bond acceptors (Lipinski definition) is 11. The summed E-state index contributed by atoms with van der Waals surface area (Å²) in [5, 5.41) is 49.0. The van der Waals surface area contributed by atoms with Crippen molar-refractivity contribution in [3.63, 3.8) is 0 Å². The van der Waals surface area contributed by atoms with Gasteiger partial charge in [-0.15, -0.1) is 15.3 Å². The standard InChI is InChI=1S/C59H49N7O6/c1-39-54(63-61-51-27-14-28-53(35-51)66(68)69)59(64-60-39)65-62-52-33-49-31-47-25-12-23-45(57(47)71-37-41-17-7-3-8-18-41)29-43-21-11-22-44(56(43)70-36-40-15-5-2-6-16-40)30-46-24-13-26-48(32-50(34-52)55(49)67)58(46)72-38-42-19-9-4-10-20-42/h2-28,33-35,67H,29-32,36-38H2,1H3,(H,60,64). The molecular formula is C59H49N7O6. The third-order valence-electron chi connectivity index (χ3n) is 12.5. The molecule has 0 saturated heterocycles. The van der Waals surface area contributed by atoms with E-state index in [1.54, 1.807) is 19.1 Å². The molecule has 72 heavy (non-hydrogen) atoms. The minimum atomic E-state index is -0.485. The quantitative estimate of drug-likeness (QED) is 0.0621. The first-order chi connectivity index (χ1) is 35.3. The smallest absolute Gasteiger partial charge is 0.271 e. The zero-order chi connectivity index (χ0) is 49.2. The maximum Gasteiger partial charge on any atom is 0.271 e. The Labute approximate surface area is 416 Å². The van der Waals surface area contributed by atoms with Crippen molar-refractivity contribution in [1.29, 1.82) is 0 Å². The van der Waals surface area contributed by atoms with E-state index in [9.17, 15) is 15.2 Å². The van der Waals surface area contributed by atoms with E-state index in [0.29, 0.717) is 90.9 Å². The van der Waals surface area contributed by atoms with Crippen molar-refractivity contribution in [2.24, 2.45) is 20.5 Å². The fraction of sp³-hybridized carbons (Fsp3) is 0.136. The number of phenolic OH excluding ortho intramolecular Hbond substituents is 1. The Morgan fingerprint density at radius 3 is 1.33 bits per heavy atom. The van der Waals surface area contributed by atoms with Gasteiger partial charge in [0.05, 0.1) is 22.0 Å². The lowest BCUT2D eigenvalue weighted by molar-refractivity contribution is -0.384. The van der Waals surface area contributed by atoms with Gasteiger partial charge in [-0.2, -0.15) is 10.2 Å². The number of nitro groups is 1. The second-order valence-corrected chi connectivity index (χ2v) is 17.6. The van der Waals surface area contributed by atoms with Crippen LogP contribution in [0.4, 0.5) is 28.6 Å². The maximum absolute atomic E-state index is 12.4. The minimum absolute atomic E-state index is 0.103. The van der Waals surface area contributed by atoms with Gasteiger partial charge in [-0.25, -0.2) is 0 Å². The highest BCUT2D eigenvalue weighted by Gasteiger charge is 2.23. The third kappa shape index (κ3) is 11.0. The monoisotopic (exact) mass is 951 g/mol. The van der Waals surface area contributed by atoms with E-state index in [1.165, 1.54) is 12.1 Å². The van der Waals surface area contributed by atoms with E-state index in [0.717, 1.165) is 55.8 Å². The van der Waals surface area contributed by atoms with E-state index in [-0.39, 0.29) is 17.3 Å². The summed E-state index contributed by atoms with van der Waals surface area (Å²) in [7, 11) is 0. The van der Waals surface area contributed by atoms with Crippen LogP contribution >= 0.6 is 0 Å². The maximum atomic E-state index is 12.4. The van der Waals surface area contributed by atoms with E-state index < -0.39 is 4.92 Å². The summed E-state index contributed by atoms with van der Waals surface area (Å²) in [5.41, 5.74) is 11.5. The number of nitrogens with one attached hydrogen (secondary N) is 1. The van der Waals surface area contributed by atoms with Crippen LogP contribution in [-0.4, -0.2) is 20.2 Å². The molecule has 8 aromatic carbocycles. The summed E-state index contributed by atoms with van der Waals surface area (Å²) in [5.74, 6) is 2.52. The Morgan fingerprint density at radius 1 is 0.500 bits per heavy atom. The number of para-hydroxylation sites is 3. The van der Waals surface area contributed by atoms with Crippen molar-refractivity contribution in [2.45, 2.75) is 52.4 Å². The van der Waals surface area contributed by atoms with Crippen molar-refractivity contribution in [2.75, 3.05) is 0 Å². The number of aromatic hydroxyl groups is 1. The van der Waals surface area contributed by atoms with Crippen molar-refractivity contribution in [3.8, 4) is 23.0 Å². The molecule has 1 aromatic heterocycles. The number of nitrogens with zero attached hydrogens (tertiary/aromatic N) is 6. The van der Waals surface area contributed by atoms with Crippen LogP contribution in [0.3, 0.4) is 0 Å². The van der Waals surface area contributed by atoms with Crippen molar-refractivity contribution in [3.05, 3.63) is 259 Å². The third-order valence-corrected chi connectivity index (χ3v) is 12.5. The van der Waals surface area contributed by atoms with Crippen LogP contribution < -0.4 is 14.2 Å². The zero-order valence-electron chi connectivity index (χ0n) is 39.4. The summed E-state index contributed by atoms with van der Waals surface area (Å²) >= 11 is 0. The van der Waals surface area contributed by atoms with Crippen LogP contribution in [0.5, 0.6) is 23.0 Å². The van der Waals surface area contributed by atoms with Crippen LogP contribution in [0.2, 0.25) is 0 Å². The number of hydrogen-bond donors (Lipinski definition) is 2. The Balaban J connectivity index is 1.10. The number of aromatic nitrogens is 2. The van der Waals surface area contributed by atoms with Crippen molar-refractivity contribution < 1.29 is 24.2 Å². The molecule has 1 aliphatic rings. The molecule has 0 radical (unpaired) electrons. The molecule has 356 valence electrons. The molecule has 2 N–H and O–H groups in total. The predicted octanol–water partition coefficient (Wildman–Crippen LogP) is 14.6. The molecule has 1 aliphatic carbocycles. The predicted molar refractivity (Wildman–Crippen MR) is 276 cm³/mol. The SMILES string of the molecule is Cc1[nH]nc(N=Nc2cc3c(O)c(c2)Cc2cccc(c2OCc2ccccc2)Cc2cccc(c2OCc2ccccc2)Cc2cccc(c2OCc2ccccc2)C3)c1N=Nc1cccc([N+](=O)[O-])c1. The Bertz CT molecular complexity index is 3290. The zero-order valence-corrected chi connectivity index (χ0v) is 39.4. The Morgan fingerprint density at radius 2 is 0.903 bits per heavy atom. The van der Waals surface area contributed by atoms with Crippen LogP contribution in [0.15, 0.2) is 202 Å². The fourth-order valence-corrected chi connectivity index (χ4v) is 8.87. The number of fused-ring (bicyclic) bond motifs is 8. The highest BCUT2D eigenvalue weighted by molar-refractivity contribution is 5.62. The summed E-state index contributed by atoms with van der Waals surface area (Å²) in [4.78, 5) is 10.9. The van der Waals surface area contributed by atoms with E-state index >= 15 is 0 Å². The molecule has 8 bridgehead atoms. The Kier molecular flexibility index (Phi) is 13.9. The summed E-state index contributed by atoms with van der Waals surface area (Å²) in [6.07, 6.45) is 1.59. The summed E-state index contributed by atoms with van der Waals surface area (Å²) in [6, 6.07) is 58.5. The second-order valence-electron chi connectivity index (χ2n) is 17.6. The number of non-ortho nitro benzene ring substituents is 1. The molecule has 0 amide bonds. The molecule has 13 nitrogen and oxygen atoms in total. The van der Waals surface area contributed by atoms with Gasteiger partial charge in [0, 0.05) is 48.9 Å². The lowest BCUT2D eigenvalue weighted by atomic mass is 9.91. The summed E-state index contributed by atoms with van der Waals surface area (Å²) in [6.45, 7) is 2.82.